The summed E-state index contributed by atoms with van der Waals surface area (Å²) in [4.78, 5) is 4.11. The summed E-state index contributed by atoms with van der Waals surface area (Å²) in [6.07, 6.45) is 0. The number of halogens is 1. The number of hydrogen-bond acceptors (Lipinski definition) is 2. The molecule has 4 N–H and O–H groups in total. The minimum Gasteiger partial charge on any atom is -0.325 e. The van der Waals surface area contributed by atoms with Crippen LogP contribution in [0.25, 0.3) is 0 Å². The molecular weight excluding hydrogens is 243 g/mol. The van der Waals surface area contributed by atoms with Gasteiger partial charge in [-0.15, -0.1) is 0 Å². The van der Waals surface area contributed by atoms with Gasteiger partial charge in [0.25, 0.3) is 0 Å². The van der Waals surface area contributed by atoms with Gasteiger partial charge in [-0.25, -0.2) is 15.2 Å². The molecule has 0 aliphatic heterocycles. The van der Waals surface area contributed by atoms with Crippen molar-refractivity contribution in [3.8, 4) is 0 Å². The molecule has 0 saturated carbocycles. The predicted octanol–water partition coefficient (Wildman–Crippen LogP) is 2.70. The third kappa shape index (κ3) is 3.53. The zero-order chi connectivity index (χ0) is 13.7. The number of anilines is 1. The lowest BCUT2D eigenvalue weighted by Crippen LogP contribution is -2.36. The lowest BCUT2D eigenvalue weighted by atomic mass is 10.2. The summed E-state index contributed by atoms with van der Waals surface area (Å²) in [6.45, 7) is 1.82. The Morgan fingerprint density at radius 2 is 1.89 bits per heavy atom. The first-order chi connectivity index (χ1) is 9.19. The number of nitrogens with zero attached hydrogens (tertiary/aromatic N) is 1. The molecule has 0 fully saturated rings. The van der Waals surface area contributed by atoms with E-state index in [1.807, 2.05) is 37.3 Å². The Hall–Kier alpha value is -2.40. The smallest absolute Gasteiger partial charge is 0.215 e. The molecule has 0 atom stereocenters. The lowest BCUT2D eigenvalue weighted by Gasteiger charge is -2.09. The monoisotopic (exact) mass is 258 g/mol. The second kappa shape index (κ2) is 5.97. The van der Waals surface area contributed by atoms with Gasteiger partial charge in [0.15, 0.2) is 0 Å². The largest absolute Gasteiger partial charge is 0.325 e. The molecule has 2 aromatic carbocycles. The topological polar surface area (TPSA) is 62.4 Å². The average Bonchev–Trinajstić information content (AvgIpc) is 2.42. The van der Waals surface area contributed by atoms with Gasteiger partial charge in [-0.05, 0) is 36.8 Å². The maximum absolute atomic E-state index is 13.7. The predicted molar refractivity (Wildman–Crippen MR) is 75.6 cm³/mol. The fraction of sp³-hybridized carbons (Fsp3) is 0.0714. The quantitative estimate of drug-likeness (QED) is 0.336. The molecule has 0 aliphatic carbocycles. The number of hydrogen-bond donors (Lipinski definition) is 3. The first-order valence-corrected chi connectivity index (χ1v) is 5.82. The summed E-state index contributed by atoms with van der Waals surface area (Å²) in [5.41, 5.74) is 4.29. The summed E-state index contributed by atoms with van der Waals surface area (Å²) in [7, 11) is 0. The Balaban J connectivity index is 2.23. The van der Waals surface area contributed by atoms with E-state index in [4.69, 9.17) is 5.84 Å². The molecular formula is C14H15FN4. The van der Waals surface area contributed by atoms with Crippen LogP contribution in [0.4, 0.5) is 15.8 Å². The molecule has 0 spiro atoms. The van der Waals surface area contributed by atoms with Crippen LogP contribution in [0.15, 0.2) is 53.5 Å². The number of guanidine groups is 1. The van der Waals surface area contributed by atoms with E-state index in [1.54, 1.807) is 12.1 Å². The molecule has 2 rings (SSSR count). The summed E-state index contributed by atoms with van der Waals surface area (Å²) in [5, 5.41) is 2.97. The van der Waals surface area contributed by atoms with Crippen LogP contribution in [0, 0.1) is 12.7 Å². The van der Waals surface area contributed by atoms with E-state index >= 15 is 0 Å². The van der Waals surface area contributed by atoms with Crippen molar-refractivity contribution < 1.29 is 4.39 Å². The zero-order valence-corrected chi connectivity index (χ0v) is 10.5. The van der Waals surface area contributed by atoms with Crippen molar-refractivity contribution in [2.45, 2.75) is 6.92 Å². The van der Waals surface area contributed by atoms with Crippen LogP contribution in [-0.4, -0.2) is 5.96 Å². The van der Waals surface area contributed by atoms with Crippen molar-refractivity contribution in [2.24, 2.45) is 10.8 Å². The fourth-order valence-electron chi connectivity index (χ4n) is 1.58. The van der Waals surface area contributed by atoms with Crippen molar-refractivity contribution in [1.82, 2.24) is 5.43 Å². The molecule has 2 aromatic rings. The van der Waals surface area contributed by atoms with Crippen molar-refractivity contribution in [1.29, 1.82) is 0 Å². The second-order valence-corrected chi connectivity index (χ2v) is 4.05. The number of hydrazine groups is 1. The van der Waals surface area contributed by atoms with Crippen molar-refractivity contribution in [3.05, 3.63) is 59.9 Å². The van der Waals surface area contributed by atoms with Crippen molar-refractivity contribution in [3.63, 3.8) is 0 Å². The molecule has 5 heteroatoms. The van der Waals surface area contributed by atoms with Crippen LogP contribution < -0.4 is 16.6 Å². The number of nitrogens with one attached hydrogen (secondary N) is 2. The lowest BCUT2D eigenvalue weighted by molar-refractivity contribution is 0.628. The van der Waals surface area contributed by atoms with Gasteiger partial charge < -0.3 is 5.32 Å². The highest BCUT2D eigenvalue weighted by Gasteiger charge is 2.03. The van der Waals surface area contributed by atoms with E-state index in [1.165, 1.54) is 6.07 Å². The number of aliphatic imine (C=N–C) groups is 1. The Bertz CT molecular complexity index is 581. The molecule has 0 amide bonds. The first kappa shape index (κ1) is 13.0. The van der Waals surface area contributed by atoms with Gasteiger partial charge in [0.1, 0.15) is 11.5 Å². The maximum atomic E-state index is 13.7. The summed E-state index contributed by atoms with van der Waals surface area (Å²) in [6, 6.07) is 14.2. The third-order valence-corrected chi connectivity index (χ3v) is 2.51. The maximum Gasteiger partial charge on any atom is 0.215 e. The highest BCUT2D eigenvalue weighted by atomic mass is 19.1. The van der Waals surface area contributed by atoms with Crippen LogP contribution in [0.3, 0.4) is 0 Å². The number of rotatable bonds is 2. The second-order valence-electron chi connectivity index (χ2n) is 4.05. The first-order valence-electron chi connectivity index (χ1n) is 5.82. The van der Waals surface area contributed by atoms with Gasteiger partial charge in [-0.2, -0.15) is 0 Å². The Kier molecular flexibility index (Phi) is 4.10. The average molecular weight is 258 g/mol. The minimum atomic E-state index is -0.386. The van der Waals surface area contributed by atoms with Gasteiger partial charge in [0.05, 0.1) is 0 Å². The van der Waals surface area contributed by atoms with Crippen LogP contribution in [0.2, 0.25) is 0 Å². The Morgan fingerprint density at radius 1 is 1.16 bits per heavy atom. The molecule has 0 aliphatic rings. The van der Waals surface area contributed by atoms with Crippen LogP contribution >= 0.6 is 0 Å². The normalized spacial score (nSPS) is 11.2. The van der Waals surface area contributed by atoms with Crippen molar-refractivity contribution >= 4 is 17.3 Å². The zero-order valence-electron chi connectivity index (χ0n) is 10.5. The van der Waals surface area contributed by atoms with E-state index in [9.17, 15) is 4.39 Å². The van der Waals surface area contributed by atoms with Gasteiger partial charge in [-0.3, -0.25) is 5.43 Å². The van der Waals surface area contributed by atoms with E-state index in [2.05, 4.69) is 15.7 Å². The molecule has 0 saturated heterocycles. The number of para-hydroxylation sites is 1. The molecule has 19 heavy (non-hydrogen) atoms. The van der Waals surface area contributed by atoms with Gasteiger partial charge in [0, 0.05) is 5.69 Å². The molecule has 0 unspecified atom stereocenters. The SMILES string of the molecule is Cc1ccc(N=C(NN)Nc2ccccc2)c(F)c1. The van der Waals surface area contributed by atoms with E-state index in [0.717, 1.165) is 11.3 Å². The molecule has 4 nitrogen and oxygen atoms in total. The number of benzene rings is 2. The summed E-state index contributed by atoms with van der Waals surface area (Å²) < 4.78 is 13.7. The molecule has 0 radical (unpaired) electrons. The van der Waals surface area contributed by atoms with E-state index in [0.29, 0.717) is 0 Å². The van der Waals surface area contributed by atoms with E-state index < -0.39 is 0 Å². The van der Waals surface area contributed by atoms with E-state index in [-0.39, 0.29) is 17.5 Å². The van der Waals surface area contributed by atoms with Gasteiger partial charge in [0.2, 0.25) is 5.96 Å². The molecule has 0 heterocycles. The highest BCUT2D eigenvalue weighted by Crippen LogP contribution is 2.18. The molecule has 0 bridgehead atoms. The standard InChI is InChI=1S/C14H15FN4/c1-10-7-8-13(12(15)9-10)18-14(19-16)17-11-5-3-2-4-6-11/h2-9H,16H2,1H3,(H2,17,18,19). The fourth-order valence-corrected chi connectivity index (χ4v) is 1.58. The Morgan fingerprint density at radius 3 is 2.53 bits per heavy atom. The third-order valence-electron chi connectivity index (χ3n) is 2.51. The van der Waals surface area contributed by atoms with Crippen LogP contribution in [0.5, 0.6) is 0 Å². The summed E-state index contributed by atoms with van der Waals surface area (Å²) in [5.74, 6) is 5.27. The van der Waals surface area contributed by atoms with Crippen molar-refractivity contribution in [2.75, 3.05) is 5.32 Å². The number of aryl methyl sites for hydroxylation is 1. The minimum absolute atomic E-state index is 0.224. The van der Waals surface area contributed by atoms with Gasteiger partial charge >= 0.3 is 0 Å². The number of nitrogens with two attached hydrogens (primary N) is 1. The summed E-state index contributed by atoms with van der Waals surface area (Å²) >= 11 is 0. The Labute approximate surface area is 111 Å². The molecule has 0 aromatic heterocycles. The van der Waals surface area contributed by atoms with Gasteiger partial charge in [-0.1, -0.05) is 24.3 Å². The molecule has 98 valence electrons. The van der Waals surface area contributed by atoms with Crippen LogP contribution in [-0.2, 0) is 0 Å². The highest BCUT2D eigenvalue weighted by molar-refractivity contribution is 5.94. The van der Waals surface area contributed by atoms with Crippen LogP contribution in [0.1, 0.15) is 5.56 Å².